The Labute approximate surface area is 116 Å². The zero-order valence-electron chi connectivity index (χ0n) is 11.9. The maximum Gasteiger partial charge on any atom is 0.220 e. The average Bonchev–Trinajstić information content (AvgIpc) is 2.85. The fourth-order valence-electron chi connectivity index (χ4n) is 2.68. The number of rotatable bonds is 5. The lowest BCUT2D eigenvalue weighted by Gasteiger charge is -2.27. The first kappa shape index (κ1) is 13.9. The van der Waals surface area contributed by atoms with Crippen LogP contribution in [-0.4, -0.2) is 25.0 Å². The van der Waals surface area contributed by atoms with E-state index < -0.39 is 0 Å². The summed E-state index contributed by atoms with van der Waals surface area (Å²) in [6.07, 6.45) is 2.99. The summed E-state index contributed by atoms with van der Waals surface area (Å²) < 4.78 is 0. The van der Waals surface area contributed by atoms with Crippen molar-refractivity contribution in [1.82, 2.24) is 5.32 Å². The molecule has 1 unspecified atom stereocenters. The van der Waals surface area contributed by atoms with E-state index >= 15 is 0 Å². The highest BCUT2D eigenvalue weighted by Crippen LogP contribution is 2.24. The summed E-state index contributed by atoms with van der Waals surface area (Å²) in [5.41, 5.74) is 1.27. The summed E-state index contributed by atoms with van der Waals surface area (Å²) in [6.45, 7) is 6.01. The van der Waals surface area contributed by atoms with Gasteiger partial charge in [-0.3, -0.25) is 4.79 Å². The van der Waals surface area contributed by atoms with Crippen molar-refractivity contribution in [2.24, 2.45) is 5.92 Å². The summed E-state index contributed by atoms with van der Waals surface area (Å²) in [6, 6.07) is 10.9. The highest BCUT2D eigenvalue weighted by Gasteiger charge is 2.24. The van der Waals surface area contributed by atoms with E-state index in [4.69, 9.17) is 0 Å². The third-order valence-corrected chi connectivity index (χ3v) is 3.59. The number of benzene rings is 1. The third-order valence-electron chi connectivity index (χ3n) is 3.59. The molecule has 1 atom stereocenters. The molecule has 1 aromatic rings. The van der Waals surface area contributed by atoms with E-state index in [1.807, 2.05) is 6.07 Å². The first-order chi connectivity index (χ1) is 9.16. The van der Waals surface area contributed by atoms with E-state index in [9.17, 15) is 4.79 Å². The molecule has 0 aliphatic carbocycles. The van der Waals surface area contributed by atoms with E-state index in [1.165, 1.54) is 12.1 Å². The molecule has 1 amide bonds. The summed E-state index contributed by atoms with van der Waals surface area (Å²) in [4.78, 5) is 14.1. The van der Waals surface area contributed by atoms with E-state index in [0.29, 0.717) is 18.4 Å². The largest absolute Gasteiger partial charge is 0.367 e. The number of para-hydroxylation sites is 1. The lowest BCUT2D eigenvalue weighted by Crippen LogP contribution is -2.40. The van der Waals surface area contributed by atoms with E-state index in [2.05, 4.69) is 48.3 Å². The molecule has 1 fully saturated rings. The van der Waals surface area contributed by atoms with Crippen LogP contribution in [-0.2, 0) is 4.79 Å². The van der Waals surface area contributed by atoms with E-state index in [1.54, 1.807) is 0 Å². The second-order valence-electron chi connectivity index (χ2n) is 5.73. The minimum absolute atomic E-state index is 0.176. The Kier molecular flexibility index (Phi) is 4.83. The quantitative estimate of drug-likeness (QED) is 0.883. The van der Waals surface area contributed by atoms with Crippen LogP contribution < -0.4 is 10.2 Å². The van der Waals surface area contributed by atoms with Gasteiger partial charge in [0.05, 0.1) is 0 Å². The number of amides is 1. The van der Waals surface area contributed by atoms with Crippen molar-refractivity contribution in [2.45, 2.75) is 39.2 Å². The zero-order valence-corrected chi connectivity index (χ0v) is 11.9. The van der Waals surface area contributed by atoms with Gasteiger partial charge in [0.15, 0.2) is 0 Å². The average molecular weight is 260 g/mol. The Morgan fingerprint density at radius 3 is 2.79 bits per heavy atom. The number of carbonyl (C=O) groups is 1. The first-order valence-corrected chi connectivity index (χ1v) is 7.25. The molecule has 19 heavy (non-hydrogen) atoms. The van der Waals surface area contributed by atoms with Crippen LogP contribution in [0.15, 0.2) is 30.3 Å². The number of hydrogen-bond donors (Lipinski definition) is 1. The fraction of sp³-hybridized carbons (Fsp3) is 0.562. The van der Waals surface area contributed by atoms with Crippen molar-refractivity contribution in [3.05, 3.63) is 30.3 Å². The minimum Gasteiger partial charge on any atom is -0.367 e. The van der Waals surface area contributed by atoms with Gasteiger partial charge in [0.25, 0.3) is 0 Å². The van der Waals surface area contributed by atoms with Gasteiger partial charge in [-0.1, -0.05) is 32.0 Å². The molecule has 1 aromatic carbocycles. The van der Waals surface area contributed by atoms with Crippen molar-refractivity contribution in [1.29, 1.82) is 0 Å². The van der Waals surface area contributed by atoms with Gasteiger partial charge in [-0.05, 0) is 30.9 Å². The summed E-state index contributed by atoms with van der Waals surface area (Å²) in [5.74, 6) is 0.601. The fourth-order valence-corrected chi connectivity index (χ4v) is 2.68. The molecule has 0 aromatic heterocycles. The van der Waals surface area contributed by atoms with Gasteiger partial charge in [0.1, 0.15) is 0 Å². The second-order valence-corrected chi connectivity index (χ2v) is 5.73. The van der Waals surface area contributed by atoms with Crippen LogP contribution in [0.3, 0.4) is 0 Å². The molecule has 1 aliphatic heterocycles. The number of hydrogen-bond acceptors (Lipinski definition) is 2. The number of anilines is 1. The van der Waals surface area contributed by atoms with Crippen LogP contribution in [0.25, 0.3) is 0 Å². The van der Waals surface area contributed by atoms with Crippen LogP contribution in [0.5, 0.6) is 0 Å². The van der Waals surface area contributed by atoms with Crippen LogP contribution in [0.4, 0.5) is 5.69 Å². The highest BCUT2D eigenvalue weighted by molar-refractivity contribution is 5.76. The van der Waals surface area contributed by atoms with Gasteiger partial charge in [-0.2, -0.15) is 0 Å². The van der Waals surface area contributed by atoms with Crippen LogP contribution >= 0.6 is 0 Å². The van der Waals surface area contributed by atoms with Crippen molar-refractivity contribution >= 4 is 11.6 Å². The molecule has 0 spiro atoms. The Morgan fingerprint density at radius 1 is 1.37 bits per heavy atom. The second kappa shape index (κ2) is 6.60. The van der Waals surface area contributed by atoms with Crippen molar-refractivity contribution < 1.29 is 4.79 Å². The molecule has 0 radical (unpaired) electrons. The smallest absolute Gasteiger partial charge is 0.220 e. The summed E-state index contributed by atoms with van der Waals surface area (Å²) in [5, 5.41) is 3.08. The number of nitrogens with zero attached hydrogens (tertiary/aromatic N) is 1. The Hall–Kier alpha value is -1.51. The van der Waals surface area contributed by atoms with Crippen LogP contribution in [0, 0.1) is 5.92 Å². The minimum atomic E-state index is 0.176. The molecule has 0 saturated carbocycles. The Morgan fingerprint density at radius 2 is 2.11 bits per heavy atom. The number of carbonyl (C=O) groups excluding carboxylic acids is 1. The third kappa shape index (κ3) is 3.98. The predicted molar refractivity (Wildman–Crippen MR) is 79.3 cm³/mol. The number of nitrogens with one attached hydrogen (secondary N) is 1. The Balaban J connectivity index is 1.88. The van der Waals surface area contributed by atoms with Gasteiger partial charge >= 0.3 is 0 Å². The van der Waals surface area contributed by atoms with Crippen molar-refractivity contribution in [2.75, 3.05) is 18.0 Å². The maximum atomic E-state index is 11.7. The molecule has 3 nitrogen and oxygen atoms in total. The van der Waals surface area contributed by atoms with Gasteiger partial charge < -0.3 is 10.2 Å². The normalized spacial score (nSPS) is 18.9. The summed E-state index contributed by atoms with van der Waals surface area (Å²) in [7, 11) is 0. The van der Waals surface area contributed by atoms with Gasteiger partial charge in [-0.25, -0.2) is 0 Å². The molecule has 1 N–H and O–H groups in total. The lowest BCUT2D eigenvalue weighted by atomic mass is 10.1. The topological polar surface area (TPSA) is 32.3 Å². The molecule has 0 bridgehead atoms. The molecule has 2 rings (SSSR count). The molecule has 3 heteroatoms. The summed E-state index contributed by atoms with van der Waals surface area (Å²) >= 11 is 0. The highest BCUT2D eigenvalue weighted by atomic mass is 16.1. The monoisotopic (exact) mass is 260 g/mol. The first-order valence-electron chi connectivity index (χ1n) is 7.25. The van der Waals surface area contributed by atoms with Crippen LogP contribution in [0.1, 0.15) is 33.1 Å². The van der Waals surface area contributed by atoms with Crippen molar-refractivity contribution in [3.8, 4) is 0 Å². The van der Waals surface area contributed by atoms with Gasteiger partial charge in [0.2, 0.25) is 5.91 Å². The SMILES string of the molecule is CC(C)CC(=O)NCC1CCCN1c1ccccc1. The van der Waals surface area contributed by atoms with Crippen LogP contribution in [0.2, 0.25) is 0 Å². The Bertz CT molecular complexity index is 402. The van der Waals surface area contributed by atoms with E-state index in [0.717, 1.165) is 19.5 Å². The van der Waals surface area contributed by atoms with Gasteiger partial charge in [-0.15, -0.1) is 0 Å². The molecule has 104 valence electrons. The zero-order chi connectivity index (χ0) is 13.7. The molecule has 1 saturated heterocycles. The lowest BCUT2D eigenvalue weighted by molar-refractivity contribution is -0.121. The van der Waals surface area contributed by atoms with Gasteiger partial charge in [0, 0.05) is 31.2 Å². The molecular formula is C16H24N2O. The standard InChI is InChI=1S/C16H24N2O/c1-13(2)11-16(19)17-12-15-9-6-10-18(15)14-7-4-3-5-8-14/h3-5,7-8,13,15H,6,9-12H2,1-2H3,(H,17,19). The van der Waals surface area contributed by atoms with E-state index in [-0.39, 0.29) is 5.91 Å². The predicted octanol–water partition coefficient (Wildman–Crippen LogP) is 2.82. The maximum absolute atomic E-state index is 11.7. The molecule has 1 aliphatic rings. The molecule has 1 heterocycles. The van der Waals surface area contributed by atoms with Crippen molar-refractivity contribution in [3.63, 3.8) is 0 Å². The molecular weight excluding hydrogens is 236 g/mol.